The zero-order chi connectivity index (χ0) is 8.55. The Morgan fingerprint density at radius 2 is 2.50 bits per heavy atom. The molecule has 2 unspecified atom stereocenters. The first-order valence-corrected chi connectivity index (χ1v) is 4.96. The van der Waals surface area contributed by atoms with E-state index in [1.807, 2.05) is 12.3 Å². The highest BCUT2D eigenvalue weighted by atomic mass is 32.1. The van der Waals surface area contributed by atoms with Crippen LogP contribution in [-0.2, 0) is 0 Å². The summed E-state index contributed by atoms with van der Waals surface area (Å²) >= 11 is 1.64. The number of aryl methyl sites for hydroxylation is 1. The lowest BCUT2D eigenvalue weighted by molar-refractivity contribution is 0.177. The molecule has 2 rings (SSSR count). The van der Waals surface area contributed by atoms with Crippen molar-refractivity contribution in [1.29, 1.82) is 0 Å². The Hall–Kier alpha value is -0.450. The molecule has 1 saturated heterocycles. The van der Waals surface area contributed by atoms with E-state index >= 15 is 0 Å². The minimum absolute atomic E-state index is 0.212. The minimum atomic E-state index is -0.254. The van der Waals surface area contributed by atoms with Gasteiger partial charge in [0.15, 0.2) is 0 Å². The maximum atomic E-state index is 9.56. The van der Waals surface area contributed by atoms with Gasteiger partial charge >= 0.3 is 0 Å². The highest BCUT2D eigenvalue weighted by molar-refractivity contribution is 7.09. The van der Waals surface area contributed by atoms with Gasteiger partial charge in [0.1, 0.15) is 0 Å². The molecule has 1 aliphatic rings. The van der Waals surface area contributed by atoms with E-state index in [-0.39, 0.29) is 12.0 Å². The monoisotopic (exact) mass is 184 g/mol. The number of hydrogen-bond acceptors (Lipinski definition) is 4. The van der Waals surface area contributed by atoms with Gasteiger partial charge in [0.25, 0.3) is 0 Å². The van der Waals surface area contributed by atoms with Crippen LogP contribution in [0.25, 0.3) is 0 Å². The van der Waals surface area contributed by atoms with Crippen molar-refractivity contribution in [2.24, 2.45) is 0 Å². The molecule has 1 fully saturated rings. The van der Waals surface area contributed by atoms with E-state index in [4.69, 9.17) is 0 Å². The molecule has 0 amide bonds. The predicted molar refractivity (Wildman–Crippen MR) is 48.5 cm³/mol. The van der Waals surface area contributed by atoms with E-state index in [1.54, 1.807) is 11.3 Å². The fourth-order valence-corrected chi connectivity index (χ4v) is 2.42. The summed E-state index contributed by atoms with van der Waals surface area (Å²) in [4.78, 5) is 4.36. The number of nitrogens with one attached hydrogen (secondary N) is 1. The van der Waals surface area contributed by atoms with Crippen molar-refractivity contribution in [3.05, 3.63) is 16.1 Å². The Bertz CT molecular complexity index is 274. The summed E-state index contributed by atoms with van der Waals surface area (Å²) in [5, 5.41) is 15.8. The third-order valence-corrected chi connectivity index (χ3v) is 3.23. The van der Waals surface area contributed by atoms with Gasteiger partial charge in [0.05, 0.1) is 17.0 Å². The number of aliphatic hydroxyl groups is 1. The quantitative estimate of drug-likeness (QED) is 0.668. The van der Waals surface area contributed by atoms with E-state index in [9.17, 15) is 5.11 Å². The van der Waals surface area contributed by atoms with Crippen LogP contribution in [0.4, 0.5) is 0 Å². The number of aliphatic hydroxyl groups excluding tert-OH is 1. The normalized spacial score (nSPS) is 29.5. The molecule has 0 saturated carbocycles. The third-order valence-electron chi connectivity index (χ3n) is 2.14. The maximum Gasteiger partial charge on any atom is 0.0998 e. The smallest absolute Gasteiger partial charge is 0.0998 e. The van der Waals surface area contributed by atoms with Gasteiger partial charge in [-0.15, -0.1) is 11.3 Å². The molecule has 4 heteroatoms. The Morgan fingerprint density at radius 3 is 3.00 bits per heavy atom. The van der Waals surface area contributed by atoms with Crippen LogP contribution >= 0.6 is 11.3 Å². The number of rotatable bonds is 1. The molecular formula is C8H12N2OS. The molecule has 2 heterocycles. The van der Waals surface area contributed by atoms with E-state index in [0.29, 0.717) is 6.54 Å². The number of hydrogen-bond donors (Lipinski definition) is 2. The first kappa shape index (κ1) is 8.16. The van der Waals surface area contributed by atoms with Gasteiger partial charge in [-0.25, -0.2) is 4.98 Å². The number of β-amino-alcohol motifs (C(OH)–C–C–N with tert-alkyl or cyclic N) is 1. The lowest BCUT2D eigenvalue weighted by Crippen LogP contribution is -2.15. The molecule has 0 radical (unpaired) electrons. The molecule has 1 aliphatic heterocycles. The summed E-state index contributed by atoms with van der Waals surface area (Å²) in [6, 6.07) is 0. The molecule has 0 aliphatic carbocycles. The second-order valence-electron chi connectivity index (χ2n) is 3.16. The Kier molecular flexibility index (Phi) is 2.12. The zero-order valence-corrected chi connectivity index (χ0v) is 7.77. The number of thiazole rings is 1. The Labute approximate surface area is 75.5 Å². The van der Waals surface area contributed by atoms with Crippen molar-refractivity contribution in [3.8, 4) is 0 Å². The summed E-state index contributed by atoms with van der Waals surface area (Å²) in [6.07, 6.45) is -0.254. The maximum absolute atomic E-state index is 9.56. The van der Waals surface area contributed by atoms with Crippen molar-refractivity contribution in [2.45, 2.75) is 18.9 Å². The summed E-state index contributed by atoms with van der Waals surface area (Å²) in [6.45, 7) is 3.53. The average molecular weight is 184 g/mol. The molecule has 2 atom stereocenters. The molecule has 3 nitrogen and oxygen atoms in total. The van der Waals surface area contributed by atoms with Crippen LogP contribution in [-0.4, -0.2) is 29.3 Å². The second-order valence-corrected chi connectivity index (χ2v) is 4.05. The van der Waals surface area contributed by atoms with E-state index in [0.717, 1.165) is 17.2 Å². The van der Waals surface area contributed by atoms with Crippen molar-refractivity contribution >= 4 is 11.3 Å². The highest BCUT2D eigenvalue weighted by Crippen LogP contribution is 2.25. The molecule has 0 aromatic carbocycles. The first-order valence-electron chi connectivity index (χ1n) is 4.08. The van der Waals surface area contributed by atoms with Gasteiger partial charge in [-0.3, -0.25) is 0 Å². The number of nitrogens with zero attached hydrogens (tertiary/aromatic N) is 1. The van der Waals surface area contributed by atoms with Crippen molar-refractivity contribution in [3.63, 3.8) is 0 Å². The third kappa shape index (κ3) is 1.37. The lowest BCUT2D eigenvalue weighted by Gasteiger charge is -2.08. The lowest BCUT2D eigenvalue weighted by atomic mass is 10.1. The van der Waals surface area contributed by atoms with Crippen LogP contribution in [0.2, 0.25) is 0 Å². The summed E-state index contributed by atoms with van der Waals surface area (Å²) in [7, 11) is 0. The fraction of sp³-hybridized carbons (Fsp3) is 0.625. The molecule has 1 aromatic heterocycles. The minimum Gasteiger partial charge on any atom is -0.391 e. The van der Waals surface area contributed by atoms with Gasteiger partial charge in [-0.1, -0.05) is 0 Å². The van der Waals surface area contributed by atoms with Crippen molar-refractivity contribution in [2.75, 3.05) is 13.1 Å². The SMILES string of the molecule is Cc1csc(C2CNCC2O)n1. The van der Waals surface area contributed by atoms with E-state index in [1.165, 1.54) is 0 Å². The Balaban J connectivity index is 2.19. The predicted octanol–water partition coefficient (Wildman–Crippen LogP) is 0.499. The number of aromatic nitrogens is 1. The van der Waals surface area contributed by atoms with Crippen LogP contribution in [0.5, 0.6) is 0 Å². The van der Waals surface area contributed by atoms with E-state index < -0.39 is 0 Å². The van der Waals surface area contributed by atoms with Gasteiger partial charge in [-0.05, 0) is 6.92 Å². The standard InChI is InChI=1S/C8H12N2OS/c1-5-4-12-8(10-5)6-2-9-3-7(6)11/h4,6-7,9,11H,2-3H2,1H3. The van der Waals surface area contributed by atoms with Crippen LogP contribution < -0.4 is 5.32 Å². The van der Waals surface area contributed by atoms with Gasteiger partial charge in [-0.2, -0.15) is 0 Å². The average Bonchev–Trinajstić information content (AvgIpc) is 2.58. The largest absolute Gasteiger partial charge is 0.391 e. The second kappa shape index (κ2) is 3.12. The van der Waals surface area contributed by atoms with Crippen LogP contribution in [0.1, 0.15) is 16.6 Å². The first-order chi connectivity index (χ1) is 5.77. The molecule has 2 N–H and O–H groups in total. The zero-order valence-electron chi connectivity index (χ0n) is 6.95. The summed E-state index contributed by atoms with van der Waals surface area (Å²) in [5.74, 6) is 0.212. The topological polar surface area (TPSA) is 45.1 Å². The molecular weight excluding hydrogens is 172 g/mol. The molecule has 66 valence electrons. The molecule has 12 heavy (non-hydrogen) atoms. The molecule has 0 bridgehead atoms. The van der Waals surface area contributed by atoms with Crippen molar-refractivity contribution < 1.29 is 5.11 Å². The molecule has 0 spiro atoms. The highest BCUT2D eigenvalue weighted by Gasteiger charge is 2.28. The summed E-state index contributed by atoms with van der Waals surface area (Å²) < 4.78 is 0. The van der Waals surface area contributed by atoms with E-state index in [2.05, 4.69) is 10.3 Å². The molecule has 1 aromatic rings. The van der Waals surface area contributed by atoms with Crippen molar-refractivity contribution in [1.82, 2.24) is 10.3 Å². The Morgan fingerprint density at radius 1 is 1.67 bits per heavy atom. The van der Waals surface area contributed by atoms with Gasteiger partial charge in [0.2, 0.25) is 0 Å². The fourth-order valence-electron chi connectivity index (χ4n) is 1.46. The van der Waals surface area contributed by atoms with Crippen LogP contribution in [0.3, 0.4) is 0 Å². The van der Waals surface area contributed by atoms with Crippen LogP contribution in [0.15, 0.2) is 5.38 Å². The van der Waals surface area contributed by atoms with Gasteiger partial charge < -0.3 is 10.4 Å². The van der Waals surface area contributed by atoms with Crippen LogP contribution in [0, 0.1) is 6.92 Å². The van der Waals surface area contributed by atoms with Gasteiger partial charge in [0, 0.05) is 24.2 Å². The summed E-state index contributed by atoms with van der Waals surface area (Å²) in [5.41, 5.74) is 1.05.